The summed E-state index contributed by atoms with van der Waals surface area (Å²) in [4.78, 5) is 37.4. The maximum Gasteiger partial charge on any atom is 0.407 e. The highest BCUT2D eigenvalue weighted by atomic mass is 16.6. The molecule has 8 heteroatoms. The first-order valence-electron chi connectivity index (χ1n) is 11.2. The van der Waals surface area contributed by atoms with Crippen molar-refractivity contribution in [1.29, 1.82) is 0 Å². The second kappa shape index (κ2) is 10.0. The van der Waals surface area contributed by atoms with E-state index in [1.165, 1.54) is 4.90 Å². The lowest BCUT2D eigenvalue weighted by Crippen LogP contribution is -2.49. The van der Waals surface area contributed by atoms with Crippen molar-refractivity contribution in [2.75, 3.05) is 26.8 Å². The Morgan fingerprint density at radius 2 is 1.73 bits per heavy atom. The maximum atomic E-state index is 12.7. The van der Waals surface area contributed by atoms with Crippen LogP contribution in [0.15, 0.2) is 48.5 Å². The quantitative estimate of drug-likeness (QED) is 0.638. The molecular formula is C25H28N2O6. The number of ether oxygens (including phenoxy) is 2. The van der Waals surface area contributed by atoms with E-state index in [0.717, 1.165) is 22.3 Å². The summed E-state index contributed by atoms with van der Waals surface area (Å²) in [6.45, 7) is 0.859. The van der Waals surface area contributed by atoms with Gasteiger partial charge in [-0.05, 0) is 35.1 Å². The summed E-state index contributed by atoms with van der Waals surface area (Å²) in [7, 11) is 1.61. The van der Waals surface area contributed by atoms with Gasteiger partial charge in [0.25, 0.3) is 5.91 Å². The van der Waals surface area contributed by atoms with Gasteiger partial charge in [-0.1, -0.05) is 48.5 Å². The first-order valence-corrected chi connectivity index (χ1v) is 11.2. The zero-order valence-electron chi connectivity index (χ0n) is 18.5. The molecule has 8 nitrogen and oxygen atoms in total. The minimum absolute atomic E-state index is 0.00935. The number of aliphatic carboxylic acids is 1. The van der Waals surface area contributed by atoms with Crippen LogP contribution < -0.4 is 5.32 Å². The average molecular weight is 453 g/mol. The summed E-state index contributed by atoms with van der Waals surface area (Å²) in [5.74, 6) is -1.22. The van der Waals surface area contributed by atoms with E-state index in [1.807, 2.05) is 24.3 Å². The Hall–Kier alpha value is -3.39. The number of carboxylic acids is 1. The molecule has 174 valence electrons. The average Bonchev–Trinajstić information content (AvgIpc) is 3.39. The highest BCUT2D eigenvalue weighted by Gasteiger charge is 2.37. The summed E-state index contributed by atoms with van der Waals surface area (Å²) >= 11 is 0. The third-order valence-corrected chi connectivity index (χ3v) is 6.24. The third kappa shape index (κ3) is 5.01. The highest BCUT2D eigenvalue weighted by molar-refractivity contribution is 5.83. The molecule has 1 fully saturated rings. The lowest BCUT2D eigenvalue weighted by molar-refractivity contribution is -0.141. The zero-order valence-corrected chi connectivity index (χ0v) is 18.5. The van der Waals surface area contributed by atoms with Crippen molar-refractivity contribution in [1.82, 2.24) is 10.2 Å². The van der Waals surface area contributed by atoms with Crippen LogP contribution in [0.4, 0.5) is 4.79 Å². The number of nitrogens with one attached hydrogen (secondary N) is 1. The van der Waals surface area contributed by atoms with Gasteiger partial charge in [-0.25, -0.2) is 4.79 Å². The molecule has 2 aliphatic rings. The van der Waals surface area contributed by atoms with Gasteiger partial charge in [0.05, 0.1) is 6.04 Å². The number of rotatable bonds is 8. The molecule has 2 unspecified atom stereocenters. The topological polar surface area (TPSA) is 105 Å². The van der Waals surface area contributed by atoms with E-state index < -0.39 is 24.2 Å². The van der Waals surface area contributed by atoms with Gasteiger partial charge in [-0.15, -0.1) is 0 Å². The Labute approximate surface area is 192 Å². The van der Waals surface area contributed by atoms with E-state index in [9.17, 15) is 14.4 Å². The van der Waals surface area contributed by atoms with E-state index in [1.54, 1.807) is 7.05 Å². The molecule has 0 spiro atoms. The lowest BCUT2D eigenvalue weighted by atomic mass is 9.98. The number of carbonyl (C=O) groups excluding carboxylic acids is 2. The fourth-order valence-electron chi connectivity index (χ4n) is 4.57. The summed E-state index contributed by atoms with van der Waals surface area (Å²) in [5, 5.41) is 11.5. The number of likely N-dealkylation sites (N-methyl/N-ethyl adjacent to an activating group) is 1. The van der Waals surface area contributed by atoms with Crippen LogP contribution in [0.25, 0.3) is 11.1 Å². The monoisotopic (exact) mass is 452 g/mol. The molecule has 0 bridgehead atoms. The fourth-order valence-corrected chi connectivity index (χ4v) is 4.57. The number of nitrogens with zero attached hydrogens (tertiary/aromatic N) is 1. The number of alkyl carbamates (subject to hydrolysis) is 1. The lowest BCUT2D eigenvalue weighted by Gasteiger charge is -2.25. The van der Waals surface area contributed by atoms with Crippen molar-refractivity contribution >= 4 is 18.0 Å². The highest BCUT2D eigenvalue weighted by Crippen LogP contribution is 2.44. The number of hydrogen-bond acceptors (Lipinski definition) is 5. The molecule has 1 aliphatic heterocycles. The van der Waals surface area contributed by atoms with Crippen LogP contribution in [0.3, 0.4) is 0 Å². The van der Waals surface area contributed by atoms with Gasteiger partial charge in [0.2, 0.25) is 0 Å². The molecule has 1 saturated heterocycles. The van der Waals surface area contributed by atoms with Crippen LogP contribution in [0.5, 0.6) is 0 Å². The number of benzene rings is 2. The predicted molar refractivity (Wildman–Crippen MR) is 121 cm³/mol. The second-order valence-corrected chi connectivity index (χ2v) is 8.41. The van der Waals surface area contributed by atoms with E-state index >= 15 is 0 Å². The van der Waals surface area contributed by atoms with Crippen LogP contribution in [-0.2, 0) is 19.1 Å². The Bertz CT molecular complexity index is 994. The van der Waals surface area contributed by atoms with Crippen molar-refractivity contribution in [3.8, 4) is 11.1 Å². The van der Waals surface area contributed by atoms with Crippen LogP contribution in [-0.4, -0.2) is 66.9 Å². The molecule has 2 amide bonds. The van der Waals surface area contributed by atoms with Crippen molar-refractivity contribution in [3.63, 3.8) is 0 Å². The molecule has 1 heterocycles. The number of amides is 2. The molecule has 2 aromatic carbocycles. The van der Waals surface area contributed by atoms with Crippen molar-refractivity contribution < 1.29 is 29.0 Å². The van der Waals surface area contributed by atoms with Gasteiger partial charge in [0, 0.05) is 32.5 Å². The first kappa shape index (κ1) is 22.8. The van der Waals surface area contributed by atoms with Crippen molar-refractivity contribution in [3.05, 3.63) is 59.7 Å². The number of hydrogen-bond donors (Lipinski definition) is 2. The van der Waals surface area contributed by atoms with Gasteiger partial charge >= 0.3 is 12.1 Å². The van der Waals surface area contributed by atoms with Crippen molar-refractivity contribution in [2.45, 2.75) is 37.3 Å². The molecule has 0 aromatic heterocycles. The van der Waals surface area contributed by atoms with E-state index in [4.69, 9.17) is 14.6 Å². The summed E-state index contributed by atoms with van der Waals surface area (Å²) in [5.41, 5.74) is 4.57. The second-order valence-electron chi connectivity index (χ2n) is 8.41. The first-order chi connectivity index (χ1) is 16.0. The molecular weight excluding hydrogens is 424 g/mol. The molecule has 2 aromatic rings. The predicted octanol–water partition coefficient (Wildman–Crippen LogP) is 3.01. The normalized spacial score (nSPS) is 18.9. The Morgan fingerprint density at radius 1 is 1.09 bits per heavy atom. The van der Waals surface area contributed by atoms with Crippen LogP contribution in [0.1, 0.15) is 36.3 Å². The third-order valence-electron chi connectivity index (χ3n) is 6.24. The summed E-state index contributed by atoms with van der Waals surface area (Å²) in [6.07, 6.45) is -0.540. The molecule has 1 aliphatic carbocycles. The van der Waals surface area contributed by atoms with Crippen LogP contribution in [0, 0.1) is 0 Å². The van der Waals surface area contributed by atoms with E-state index in [0.29, 0.717) is 26.0 Å². The van der Waals surface area contributed by atoms with Gasteiger partial charge in [-0.2, -0.15) is 0 Å². The fraction of sp³-hybridized carbons (Fsp3) is 0.400. The largest absolute Gasteiger partial charge is 0.481 e. The summed E-state index contributed by atoms with van der Waals surface area (Å²) in [6, 6.07) is 15.7. The van der Waals surface area contributed by atoms with E-state index in [-0.39, 0.29) is 24.9 Å². The van der Waals surface area contributed by atoms with Gasteiger partial charge in [0.15, 0.2) is 6.10 Å². The smallest absolute Gasteiger partial charge is 0.407 e. The molecule has 2 N–H and O–H groups in total. The number of carboxylic acid groups (broad SMARTS) is 1. The maximum absolute atomic E-state index is 12.7. The standard InChI is InChI=1S/C25H28N2O6/c1-27(13-6-11-22(28)29)24(30)23-21(12-14-32-23)26-25(31)33-15-20-18-9-4-2-7-16(18)17-8-3-5-10-19(17)20/h2-5,7-10,20-21,23H,6,11-15H2,1H3,(H,26,31)(H,28,29). The molecule has 0 saturated carbocycles. The Morgan fingerprint density at radius 3 is 2.36 bits per heavy atom. The summed E-state index contributed by atoms with van der Waals surface area (Å²) < 4.78 is 11.2. The minimum atomic E-state index is -0.900. The van der Waals surface area contributed by atoms with Gasteiger partial charge in [-0.3, -0.25) is 9.59 Å². The molecule has 0 radical (unpaired) electrons. The molecule has 33 heavy (non-hydrogen) atoms. The van der Waals surface area contributed by atoms with Crippen LogP contribution >= 0.6 is 0 Å². The van der Waals surface area contributed by atoms with E-state index in [2.05, 4.69) is 29.6 Å². The van der Waals surface area contributed by atoms with Crippen LogP contribution in [0.2, 0.25) is 0 Å². The molecule has 2 atom stereocenters. The number of carbonyl (C=O) groups is 3. The zero-order chi connectivity index (χ0) is 23.4. The Balaban J connectivity index is 1.33. The van der Waals surface area contributed by atoms with Gasteiger partial charge < -0.3 is 24.8 Å². The van der Waals surface area contributed by atoms with Gasteiger partial charge in [0.1, 0.15) is 6.61 Å². The number of fused-ring (bicyclic) bond motifs is 3. The molecule has 4 rings (SSSR count). The van der Waals surface area contributed by atoms with Crippen molar-refractivity contribution in [2.24, 2.45) is 0 Å². The Kier molecular flexibility index (Phi) is 6.93. The SMILES string of the molecule is CN(CCCC(=O)O)C(=O)C1OCCC1NC(=O)OCC1c2ccccc2-c2ccccc21. The minimum Gasteiger partial charge on any atom is -0.481 e.